The maximum Gasteiger partial charge on any atom is 0.417 e. The van der Waals surface area contributed by atoms with Crippen LogP contribution in [0.15, 0.2) is 34.4 Å². The Labute approximate surface area is 102 Å². The standard InChI is InChI=1S/C10H5BrF3NS/c11-9-15-5-8(16-9)6-3-1-2-4-7(6)10(12,13)14/h1-5H. The van der Waals surface area contributed by atoms with Crippen LogP contribution in [-0.2, 0) is 6.18 Å². The van der Waals surface area contributed by atoms with Crippen LogP contribution in [0.1, 0.15) is 5.56 Å². The topological polar surface area (TPSA) is 12.9 Å². The van der Waals surface area contributed by atoms with Crippen molar-refractivity contribution >= 4 is 27.3 Å². The van der Waals surface area contributed by atoms with Gasteiger partial charge in [0.05, 0.1) is 10.4 Å². The SMILES string of the molecule is FC(F)(F)c1ccccc1-c1cnc(Br)s1. The van der Waals surface area contributed by atoms with E-state index in [9.17, 15) is 13.2 Å². The molecule has 0 fully saturated rings. The summed E-state index contributed by atoms with van der Waals surface area (Å²) in [7, 11) is 0. The molecular weight excluding hydrogens is 303 g/mol. The van der Waals surface area contributed by atoms with Crippen molar-refractivity contribution in [3.8, 4) is 10.4 Å². The number of hydrogen-bond acceptors (Lipinski definition) is 2. The van der Waals surface area contributed by atoms with Crippen LogP contribution in [0.2, 0.25) is 0 Å². The van der Waals surface area contributed by atoms with E-state index in [1.54, 1.807) is 6.07 Å². The van der Waals surface area contributed by atoms with Crippen LogP contribution in [-0.4, -0.2) is 4.98 Å². The van der Waals surface area contributed by atoms with Crippen LogP contribution in [0.4, 0.5) is 13.2 Å². The number of benzene rings is 1. The highest BCUT2D eigenvalue weighted by molar-refractivity contribution is 9.11. The molecule has 0 aliphatic heterocycles. The Kier molecular flexibility index (Phi) is 3.03. The molecule has 16 heavy (non-hydrogen) atoms. The van der Waals surface area contributed by atoms with E-state index in [4.69, 9.17) is 0 Å². The maximum absolute atomic E-state index is 12.7. The smallest absolute Gasteiger partial charge is 0.237 e. The average molecular weight is 308 g/mol. The molecule has 0 saturated heterocycles. The van der Waals surface area contributed by atoms with Gasteiger partial charge in [-0.3, -0.25) is 0 Å². The Morgan fingerprint density at radius 1 is 1.19 bits per heavy atom. The molecule has 0 N–H and O–H groups in total. The summed E-state index contributed by atoms with van der Waals surface area (Å²) in [5, 5.41) is 0. The lowest BCUT2D eigenvalue weighted by Crippen LogP contribution is -2.06. The fourth-order valence-corrected chi connectivity index (χ4v) is 2.63. The van der Waals surface area contributed by atoms with E-state index in [2.05, 4.69) is 20.9 Å². The highest BCUT2D eigenvalue weighted by Crippen LogP contribution is 2.39. The first kappa shape index (κ1) is 11.6. The summed E-state index contributed by atoms with van der Waals surface area (Å²) in [6, 6.07) is 5.48. The van der Waals surface area contributed by atoms with Gasteiger partial charge in [0.25, 0.3) is 0 Å². The van der Waals surface area contributed by atoms with Crippen LogP contribution in [0.25, 0.3) is 10.4 Å². The lowest BCUT2D eigenvalue weighted by molar-refractivity contribution is -0.137. The zero-order valence-corrected chi connectivity index (χ0v) is 10.2. The van der Waals surface area contributed by atoms with Crippen molar-refractivity contribution in [3.63, 3.8) is 0 Å². The molecule has 1 heterocycles. The number of rotatable bonds is 1. The van der Waals surface area contributed by atoms with Gasteiger partial charge in [-0.1, -0.05) is 18.2 Å². The molecule has 1 aromatic carbocycles. The Hall–Kier alpha value is -0.880. The third kappa shape index (κ3) is 2.27. The lowest BCUT2D eigenvalue weighted by Gasteiger charge is -2.10. The van der Waals surface area contributed by atoms with Gasteiger partial charge in [-0.2, -0.15) is 13.2 Å². The molecule has 0 atom stereocenters. The van der Waals surface area contributed by atoms with E-state index in [1.165, 1.54) is 29.7 Å². The van der Waals surface area contributed by atoms with Crippen molar-refractivity contribution in [2.75, 3.05) is 0 Å². The van der Waals surface area contributed by atoms with Gasteiger partial charge in [0.1, 0.15) is 0 Å². The number of alkyl halides is 3. The second-order valence-corrected chi connectivity index (χ2v) is 5.33. The molecule has 0 spiro atoms. The normalized spacial score (nSPS) is 11.8. The number of hydrogen-bond donors (Lipinski definition) is 0. The number of thiazole rings is 1. The summed E-state index contributed by atoms with van der Waals surface area (Å²) in [5.74, 6) is 0. The van der Waals surface area contributed by atoms with E-state index in [0.29, 0.717) is 8.79 Å². The molecule has 0 aliphatic rings. The minimum Gasteiger partial charge on any atom is -0.237 e. The van der Waals surface area contributed by atoms with E-state index in [-0.39, 0.29) is 5.56 Å². The molecule has 1 aromatic heterocycles. The lowest BCUT2D eigenvalue weighted by atomic mass is 10.1. The fraction of sp³-hybridized carbons (Fsp3) is 0.100. The third-order valence-electron chi connectivity index (χ3n) is 1.98. The van der Waals surface area contributed by atoms with Gasteiger partial charge < -0.3 is 0 Å². The van der Waals surface area contributed by atoms with Gasteiger partial charge in [-0.05, 0) is 22.0 Å². The van der Waals surface area contributed by atoms with Gasteiger partial charge in [-0.15, -0.1) is 11.3 Å². The molecule has 0 radical (unpaired) electrons. The van der Waals surface area contributed by atoms with Gasteiger partial charge in [0.15, 0.2) is 3.92 Å². The van der Waals surface area contributed by atoms with Crippen molar-refractivity contribution in [2.45, 2.75) is 6.18 Å². The van der Waals surface area contributed by atoms with Crippen molar-refractivity contribution in [2.24, 2.45) is 0 Å². The maximum atomic E-state index is 12.7. The summed E-state index contributed by atoms with van der Waals surface area (Å²) in [6.45, 7) is 0. The first-order valence-corrected chi connectivity index (χ1v) is 5.87. The molecule has 0 aliphatic carbocycles. The van der Waals surface area contributed by atoms with Crippen LogP contribution in [0.3, 0.4) is 0 Å². The Bertz CT molecular complexity index is 507. The molecule has 1 nitrogen and oxygen atoms in total. The van der Waals surface area contributed by atoms with E-state index >= 15 is 0 Å². The number of aromatic nitrogens is 1. The predicted octanol–water partition coefficient (Wildman–Crippen LogP) is 4.59. The van der Waals surface area contributed by atoms with Crippen LogP contribution < -0.4 is 0 Å². The predicted molar refractivity (Wildman–Crippen MR) is 60.3 cm³/mol. The Morgan fingerprint density at radius 2 is 1.88 bits per heavy atom. The van der Waals surface area contributed by atoms with Crippen LogP contribution in [0.5, 0.6) is 0 Å². The fourth-order valence-electron chi connectivity index (χ4n) is 1.32. The Morgan fingerprint density at radius 3 is 2.44 bits per heavy atom. The van der Waals surface area contributed by atoms with Crippen molar-refractivity contribution in [1.82, 2.24) is 4.98 Å². The van der Waals surface area contributed by atoms with Crippen LogP contribution >= 0.6 is 27.3 Å². The summed E-state index contributed by atoms with van der Waals surface area (Å²) in [5.41, 5.74) is -0.468. The average Bonchev–Trinajstić information content (AvgIpc) is 2.64. The Balaban J connectivity index is 2.57. The van der Waals surface area contributed by atoms with E-state index in [0.717, 1.165) is 6.07 Å². The van der Waals surface area contributed by atoms with Gasteiger partial charge in [0, 0.05) is 11.8 Å². The van der Waals surface area contributed by atoms with Crippen LogP contribution in [0, 0.1) is 0 Å². The molecule has 2 rings (SSSR count). The molecule has 2 aromatic rings. The van der Waals surface area contributed by atoms with E-state index < -0.39 is 11.7 Å². The number of halogens is 4. The summed E-state index contributed by atoms with van der Waals surface area (Å²) < 4.78 is 38.7. The highest BCUT2D eigenvalue weighted by Gasteiger charge is 2.33. The quantitative estimate of drug-likeness (QED) is 0.751. The van der Waals surface area contributed by atoms with Crippen molar-refractivity contribution in [3.05, 3.63) is 39.9 Å². The molecule has 0 saturated carbocycles. The molecule has 0 amide bonds. The number of nitrogens with zero attached hydrogens (tertiary/aromatic N) is 1. The third-order valence-corrected chi connectivity index (χ3v) is 3.48. The zero-order chi connectivity index (χ0) is 11.8. The molecule has 0 bridgehead atoms. The summed E-state index contributed by atoms with van der Waals surface area (Å²) in [6.07, 6.45) is -2.91. The monoisotopic (exact) mass is 307 g/mol. The second-order valence-electron chi connectivity index (χ2n) is 3.02. The van der Waals surface area contributed by atoms with Gasteiger partial charge in [-0.25, -0.2) is 4.98 Å². The molecule has 0 unspecified atom stereocenters. The zero-order valence-electron chi connectivity index (χ0n) is 7.75. The minimum absolute atomic E-state index is 0.165. The van der Waals surface area contributed by atoms with Crippen molar-refractivity contribution < 1.29 is 13.2 Å². The second kappa shape index (κ2) is 4.18. The first-order chi connectivity index (χ1) is 7.48. The van der Waals surface area contributed by atoms with Gasteiger partial charge in [0.2, 0.25) is 0 Å². The largest absolute Gasteiger partial charge is 0.417 e. The summed E-state index contributed by atoms with van der Waals surface area (Å²) >= 11 is 4.31. The van der Waals surface area contributed by atoms with Crippen molar-refractivity contribution in [1.29, 1.82) is 0 Å². The summed E-state index contributed by atoms with van der Waals surface area (Å²) in [4.78, 5) is 4.38. The van der Waals surface area contributed by atoms with E-state index in [1.807, 2.05) is 0 Å². The minimum atomic E-state index is -4.34. The highest BCUT2D eigenvalue weighted by atomic mass is 79.9. The molecule has 84 valence electrons. The molecule has 6 heteroatoms. The van der Waals surface area contributed by atoms with Gasteiger partial charge >= 0.3 is 6.18 Å². The molecular formula is C10H5BrF3NS. The first-order valence-electron chi connectivity index (χ1n) is 4.26.